The van der Waals surface area contributed by atoms with E-state index in [0.717, 1.165) is 11.3 Å². The van der Waals surface area contributed by atoms with Crippen LogP contribution in [0.2, 0.25) is 5.02 Å². The largest absolute Gasteiger partial charge is 0.322 e. The molecule has 2 aromatic carbocycles. The van der Waals surface area contributed by atoms with E-state index in [1.165, 1.54) is 0 Å². The molecule has 0 bridgehead atoms. The lowest BCUT2D eigenvalue weighted by Gasteiger charge is -2.22. The predicted octanol–water partition coefficient (Wildman–Crippen LogP) is 3.25. The van der Waals surface area contributed by atoms with E-state index in [1.807, 2.05) is 42.5 Å². The summed E-state index contributed by atoms with van der Waals surface area (Å²) in [6.45, 7) is 0.480. The van der Waals surface area contributed by atoms with Crippen molar-refractivity contribution in [2.75, 3.05) is 11.4 Å². The van der Waals surface area contributed by atoms with Gasteiger partial charge in [-0.05, 0) is 29.8 Å². The second kappa shape index (κ2) is 7.90. The van der Waals surface area contributed by atoms with Gasteiger partial charge >= 0.3 is 0 Å². The van der Waals surface area contributed by atoms with Gasteiger partial charge < -0.3 is 10.6 Å². The molecular formula is C15H16Cl2N2O. The van der Waals surface area contributed by atoms with Crippen molar-refractivity contribution >= 4 is 35.6 Å². The summed E-state index contributed by atoms with van der Waals surface area (Å²) >= 11 is 5.86. The summed E-state index contributed by atoms with van der Waals surface area (Å²) in [5.41, 5.74) is 7.33. The van der Waals surface area contributed by atoms with Crippen molar-refractivity contribution in [2.45, 2.75) is 6.54 Å². The lowest BCUT2D eigenvalue weighted by Crippen LogP contribution is -2.35. The lowest BCUT2D eigenvalue weighted by atomic mass is 10.2. The third kappa shape index (κ3) is 4.23. The summed E-state index contributed by atoms with van der Waals surface area (Å²) in [6, 6.07) is 17.0. The minimum atomic E-state index is -0.119. The zero-order valence-electron chi connectivity index (χ0n) is 10.8. The van der Waals surface area contributed by atoms with E-state index in [4.69, 9.17) is 17.3 Å². The van der Waals surface area contributed by atoms with E-state index < -0.39 is 0 Å². The molecule has 0 radical (unpaired) electrons. The Morgan fingerprint density at radius 2 is 1.65 bits per heavy atom. The van der Waals surface area contributed by atoms with Crippen molar-refractivity contribution in [1.82, 2.24) is 0 Å². The normalized spacial score (nSPS) is 9.70. The maximum absolute atomic E-state index is 12.0. The molecule has 3 nitrogen and oxygen atoms in total. The molecule has 2 rings (SSSR count). The number of carbonyl (C=O) groups excluding carboxylic acids is 1. The predicted molar refractivity (Wildman–Crippen MR) is 85.4 cm³/mol. The number of nitrogens with two attached hydrogens (primary N) is 1. The minimum absolute atomic E-state index is 0. The summed E-state index contributed by atoms with van der Waals surface area (Å²) in [4.78, 5) is 13.6. The number of hydrogen-bond acceptors (Lipinski definition) is 2. The van der Waals surface area contributed by atoms with Crippen LogP contribution in [0.4, 0.5) is 5.69 Å². The average Bonchev–Trinajstić information content (AvgIpc) is 2.46. The summed E-state index contributed by atoms with van der Waals surface area (Å²) in [6.07, 6.45) is 0. The average molecular weight is 311 g/mol. The number of nitrogens with zero attached hydrogens (tertiary/aromatic N) is 1. The van der Waals surface area contributed by atoms with Gasteiger partial charge in [-0.3, -0.25) is 4.79 Å². The molecule has 0 aliphatic carbocycles. The van der Waals surface area contributed by atoms with Crippen LogP contribution in [0.25, 0.3) is 0 Å². The topological polar surface area (TPSA) is 46.3 Å². The number of amides is 1. The summed E-state index contributed by atoms with van der Waals surface area (Å²) < 4.78 is 0. The van der Waals surface area contributed by atoms with Crippen molar-refractivity contribution < 1.29 is 4.79 Å². The molecule has 5 heteroatoms. The van der Waals surface area contributed by atoms with Gasteiger partial charge in [0, 0.05) is 10.7 Å². The number of halogens is 2. The van der Waals surface area contributed by atoms with Gasteiger partial charge in [-0.25, -0.2) is 0 Å². The highest BCUT2D eigenvalue weighted by atomic mass is 35.5. The molecule has 0 aliphatic heterocycles. The molecule has 0 spiro atoms. The molecule has 0 aliphatic rings. The number of hydrogen-bond donors (Lipinski definition) is 1. The fourth-order valence-corrected chi connectivity index (χ4v) is 1.95. The molecule has 2 aromatic rings. The number of benzene rings is 2. The first-order valence-corrected chi connectivity index (χ1v) is 6.38. The molecule has 0 atom stereocenters. The van der Waals surface area contributed by atoms with Crippen molar-refractivity contribution in [3.63, 3.8) is 0 Å². The zero-order valence-corrected chi connectivity index (χ0v) is 12.4. The smallest absolute Gasteiger partial charge is 0.241 e. The van der Waals surface area contributed by atoms with Crippen LogP contribution in [-0.4, -0.2) is 12.5 Å². The summed E-state index contributed by atoms with van der Waals surface area (Å²) in [5, 5.41) is 0.642. The monoisotopic (exact) mass is 310 g/mol. The Morgan fingerprint density at radius 1 is 1.05 bits per heavy atom. The Morgan fingerprint density at radius 3 is 2.20 bits per heavy atom. The van der Waals surface area contributed by atoms with E-state index in [2.05, 4.69) is 0 Å². The molecule has 0 unspecified atom stereocenters. The fraction of sp³-hybridized carbons (Fsp3) is 0.133. The van der Waals surface area contributed by atoms with Crippen LogP contribution in [0, 0.1) is 0 Å². The van der Waals surface area contributed by atoms with Crippen molar-refractivity contribution in [2.24, 2.45) is 5.73 Å². The van der Waals surface area contributed by atoms with E-state index in [9.17, 15) is 4.79 Å². The number of rotatable bonds is 4. The minimum Gasteiger partial charge on any atom is -0.322 e. The van der Waals surface area contributed by atoms with E-state index >= 15 is 0 Å². The van der Waals surface area contributed by atoms with Crippen molar-refractivity contribution in [3.8, 4) is 0 Å². The van der Waals surface area contributed by atoms with Gasteiger partial charge in [-0.1, -0.05) is 41.9 Å². The van der Waals surface area contributed by atoms with Crippen LogP contribution in [0.15, 0.2) is 54.6 Å². The Labute approximate surface area is 129 Å². The Bertz CT molecular complexity index is 544. The summed E-state index contributed by atoms with van der Waals surface area (Å²) in [7, 11) is 0. The van der Waals surface area contributed by atoms with Gasteiger partial charge in [0.25, 0.3) is 0 Å². The van der Waals surface area contributed by atoms with Gasteiger partial charge in [-0.2, -0.15) is 0 Å². The van der Waals surface area contributed by atoms with Crippen LogP contribution in [0.3, 0.4) is 0 Å². The Hall–Kier alpha value is -1.55. The van der Waals surface area contributed by atoms with Gasteiger partial charge in [0.2, 0.25) is 5.91 Å². The Balaban J connectivity index is 0.00000200. The lowest BCUT2D eigenvalue weighted by molar-refractivity contribution is -0.117. The summed E-state index contributed by atoms with van der Waals surface area (Å²) in [5.74, 6) is -0.119. The third-order valence-electron chi connectivity index (χ3n) is 2.80. The quantitative estimate of drug-likeness (QED) is 0.942. The Kier molecular flexibility index (Phi) is 6.52. The van der Waals surface area contributed by atoms with E-state index in [0.29, 0.717) is 11.6 Å². The first-order chi connectivity index (χ1) is 9.20. The van der Waals surface area contributed by atoms with E-state index in [1.54, 1.807) is 17.0 Å². The fourth-order valence-electron chi connectivity index (χ4n) is 1.82. The zero-order chi connectivity index (χ0) is 13.7. The molecule has 1 amide bonds. The van der Waals surface area contributed by atoms with Crippen molar-refractivity contribution in [3.05, 3.63) is 65.2 Å². The highest BCUT2D eigenvalue weighted by Gasteiger charge is 2.14. The maximum atomic E-state index is 12.0. The molecule has 0 saturated carbocycles. The highest BCUT2D eigenvalue weighted by Crippen LogP contribution is 2.20. The maximum Gasteiger partial charge on any atom is 0.241 e. The molecule has 2 N–H and O–H groups in total. The third-order valence-corrected chi connectivity index (χ3v) is 3.05. The van der Waals surface area contributed by atoms with Gasteiger partial charge in [0.1, 0.15) is 0 Å². The van der Waals surface area contributed by atoms with Crippen molar-refractivity contribution in [1.29, 1.82) is 0 Å². The van der Waals surface area contributed by atoms with Crippen LogP contribution in [0.1, 0.15) is 5.56 Å². The standard InChI is InChI=1S/C15H15ClN2O.ClH/c16-13-6-8-14(9-7-13)18(15(19)10-17)11-12-4-2-1-3-5-12;/h1-9H,10-11,17H2;1H. The molecule has 106 valence electrons. The van der Waals surface area contributed by atoms with Crippen LogP contribution < -0.4 is 10.6 Å². The number of anilines is 1. The molecular weight excluding hydrogens is 295 g/mol. The van der Waals surface area contributed by atoms with Gasteiger partial charge in [-0.15, -0.1) is 12.4 Å². The highest BCUT2D eigenvalue weighted by molar-refractivity contribution is 6.30. The van der Waals surface area contributed by atoms with E-state index in [-0.39, 0.29) is 24.9 Å². The van der Waals surface area contributed by atoms with Crippen LogP contribution in [-0.2, 0) is 11.3 Å². The first kappa shape index (κ1) is 16.5. The van der Waals surface area contributed by atoms with Gasteiger partial charge in [0.15, 0.2) is 0 Å². The van der Waals surface area contributed by atoms with Crippen LogP contribution >= 0.6 is 24.0 Å². The van der Waals surface area contributed by atoms with Gasteiger partial charge in [0.05, 0.1) is 13.1 Å². The van der Waals surface area contributed by atoms with Crippen LogP contribution in [0.5, 0.6) is 0 Å². The SMILES string of the molecule is Cl.NCC(=O)N(Cc1ccccc1)c1ccc(Cl)cc1. The molecule has 20 heavy (non-hydrogen) atoms. The second-order valence-electron chi connectivity index (χ2n) is 4.15. The second-order valence-corrected chi connectivity index (χ2v) is 4.58. The first-order valence-electron chi connectivity index (χ1n) is 6.00. The molecule has 0 heterocycles. The number of carbonyl (C=O) groups is 1. The molecule has 0 aromatic heterocycles. The molecule has 0 fully saturated rings. The molecule has 0 saturated heterocycles.